The van der Waals surface area contributed by atoms with Crippen LogP contribution >= 0.6 is 0 Å². The first-order valence-corrected chi connectivity index (χ1v) is 10.4. The molecule has 5 nitrogen and oxygen atoms in total. The summed E-state index contributed by atoms with van der Waals surface area (Å²) in [5.41, 5.74) is 1.71. The second kappa shape index (κ2) is 11.6. The quantitative estimate of drug-likeness (QED) is 0.780. The number of hydrogen-bond acceptors (Lipinski definition) is 2. The highest BCUT2D eigenvalue weighted by Crippen LogP contribution is 2.35. The maximum Gasteiger partial charge on any atom is 0.318 e. The van der Waals surface area contributed by atoms with E-state index in [9.17, 15) is 13.6 Å². The van der Waals surface area contributed by atoms with Crippen molar-refractivity contribution in [2.45, 2.75) is 25.3 Å². The summed E-state index contributed by atoms with van der Waals surface area (Å²) in [6.45, 7) is 2.86. The molecular formula is C24H31F2N3O2. The second-order valence-corrected chi connectivity index (χ2v) is 7.72. The van der Waals surface area contributed by atoms with Crippen molar-refractivity contribution >= 4 is 11.6 Å². The molecule has 1 atom stereocenters. The van der Waals surface area contributed by atoms with Crippen LogP contribution in [0.25, 0.3) is 5.57 Å². The average molecular weight is 432 g/mol. The summed E-state index contributed by atoms with van der Waals surface area (Å²) >= 11 is 0. The van der Waals surface area contributed by atoms with Crippen LogP contribution in [0.3, 0.4) is 0 Å². The highest BCUT2D eigenvalue weighted by Gasteiger charge is 2.31. The van der Waals surface area contributed by atoms with Crippen molar-refractivity contribution < 1.29 is 19.1 Å². The van der Waals surface area contributed by atoms with Gasteiger partial charge in [0.25, 0.3) is 0 Å². The van der Waals surface area contributed by atoms with Gasteiger partial charge in [-0.3, -0.25) is 0 Å². The third-order valence-electron chi connectivity index (χ3n) is 5.51. The lowest BCUT2D eigenvalue weighted by Crippen LogP contribution is -2.38. The minimum absolute atomic E-state index is 0. The fraction of sp³-hybridized carbons (Fsp3) is 0.375. The fourth-order valence-electron chi connectivity index (χ4n) is 3.85. The Morgan fingerprint density at radius 2 is 1.71 bits per heavy atom. The number of benzene rings is 2. The molecule has 0 saturated carbocycles. The minimum Gasteiger partial charge on any atom is -0.412 e. The molecule has 1 saturated heterocycles. The molecule has 31 heavy (non-hydrogen) atoms. The summed E-state index contributed by atoms with van der Waals surface area (Å²) in [6, 6.07) is 12.2. The van der Waals surface area contributed by atoms with Gasteiger partial charge in [-0.25, -0.2) is 13.6 Å². The van der Waals surface area contributed by atoms with Gasteiger partial charge < -0.3 is 20.6 Å². The number of hydrogen-bond donors (Lipinski definition) is 1. The first-order valence-electron chi connectivity index (χ1n) is 10.4. The van der Waals surface area contributed by atoms with Crippen LogP contribution < -0.4 is 5.32 Å². The average Bonchev–Trinajstić information content (AvgIpc) is 3.22. The van der Waals surface area contributed by atoms with E-state index in [4.69, 9.17) is 0 Å². The van der Waals surface area contributed by atoms with E-state index in [0.29, 0.717) is 5.57 Å². The van der Waals surface area contributed by atoms with Gasteiger partial charge in [-0.2, -0.15) is 0 Å². The molecule has 0 aliphatic carbocycles. The lowest BCUT2D eigenvalue weighted by molar-refractivity contribution is 0.200. The van der Waals surface area contributed by atoms with Crippen molar-refractivity contribution in [2.24, 2.45) is 0 Å². The monoisotopic (exact) mass is 431 g/mol. The molecule has 2 aromatic carbocycles. The van der Waals surface area contributed by atoms with E-state index in [2.05, 4.69) is 17.3 Å². The Kier molecular flexibility index (Phi) is 9.15. The standard InChI is InChI=1S/C18H16F2N2O.C6H13N.H2O/c1-21-18(23)22-11-13(15-10-14(19)7-8-16(15)20)9-17(22)12-5-3-2-4-6-12;1-7-5-3-2-4-6-7;/h2-10,17H,11H2,1H3,(H,21,23);2-6H2,1H3;1H2/t17-;;/m0../s1. The Bertz CT molecular complexity index is 884. The van der Waals surface area contributed by atoms with Gasteiger partial charge in [0.2, 0.25) is 0 Å². The molecule has 0 spiro atoms. The maximum atomic E-state index is 14.0. The van der Waals surface area contributed by atoms with E-state index in [0.717, 1.165) is 23.8 Å². The summed E-state index contributed by atoms with van der Waals surface area (Å²) in [4.78, 5) is 16.1. The van der Waals surface area contributed by atoms with E-state index in [1.165, 1.54) is 32.4 Å². The fourth-order valence-corrected chi connectivity index (χ4v) is 3.85. The molecule has 168 valence electrons. The van der Waals surface area contributed by atoms with Crippen LogP contribution in [0.15, 0.2) is 54.6 Å². The Hall–Kier alpha value is -2.77. The summed E-state index contributed by atoms with van der Waals surface area (Å²) in [5.74, 6) is -1.000. The number of nitrogens with zero attached hydrogens (tertiary/aromatic N) is 2. The van der Waals surface area contributed by atoms with Gasteiger partial charge >= 0.3 is 6.03 Å². The van der Waals surface area contributed by atoms with Gasteiger partial charge in [-0.1, -0.05) is 42.8 Å². The number of carbonyl (C=O) groups is 1. The van der Waals surface area contributed by atoms with Crippen molar-refractivity contribution in [3.63, 3.8) is 0 Å². The summed E-state index contributed by atoms with van der Waals surface area (Å²) in [5, 5.41) is 2.59. The van der Waals surface area contributed by atoms with Crippen molar-refractivity contribution in [1.29, 1.82) is 0 Å². The smallest absolute Gasteiger partial charge is 0.318 e. The number of halogens is 2. The van der Waals surface area contributed by atoms with E-state index >= 15 is 0 Å². The van der Waals surface area contributed by atoms with Crippen LogP contribution in [0.4, 0.5) is 13.6 Å². The molecule has 2 aliphatic rings. The van der Waals surface area contributed by atoms with Crippen LogP contribution in [0, 0.1) is 11.6 Å². The van der Waals surface area contributed by atoms with Gasteiger partial charge in [0.05, 0.1) is 6.04 Å². The van der Waals surface area contributed by atoms with Crippen molar-refractivity contribution in [3.8, 4) is 0 Å². The Morgan fingerprint density at radius 1 is 1.03 bits per heavy atom. The Morgan fingerprint density at radius 3 is 2.29 bits per heavy atom. The molecule has 4 rings (SSSR count). The highest BCUT2D eigenvalue weighted by atomic mass is 19.1. The normalized spacial score (nSPS) is 18.4. The molecule has 0 aromatic heterocycles. The lowest BCUT2D eigenvalue weighted by Gasteiger charge is -2.24. The topological polar surface area (TPSA) is 67.1 Å². The van der Waals surface area contributed by atoms with Gasteiger partial charge in [-0.15, -0.1) is 0 Å². The minimum atomic E-state index is -0.503. The van der Waals surface area contributed by atoms with Crippen LogP contribution in [-0.4, -0.2) is 55.0 Å². The first-order chi connectivity index (χ1) is 14.5. The largest absolute Gasteiger partial charge is 0.412 e. The summed E-state index contributed by atoms with van der Waals surface area (Å²) < 4.78 is 27.5. The number of amides is 2. The second-order valence-electron chi connectivity index (χ2n) is 7.72. The molecule has 2 heterocycles. The highest BCUT2D eigenvalue weighted by molar-refractivity contribution is 5.81. The molecule has 0 radical (unpaired) electrons. The third kappa shape index (κ3) is 6.35. The number of rotatable bonds is 2. The zero-order valence-corrected chi connectivity index (χ0v) is 18.1. The molecule has 0 bridgehead atoms. The van der Waals surface area contributed by atoms with Gasteiger partial charge in [0.15, 0.2) is 0 Å². The van der Waals surface area contributed by atoms with Crippen LogP contribution in [-0.2, 0) is 0 Å². The van der Waals surface area contributed by atoms with Gasteiger partial charge in [-0.05, 0) is 62.3 Å². The summed E-state index contributed by atoms with van der Waals surface area (Å²) in [6.07, 6.45) is 6.08. The molecular weight excluding hydrogens is 400 g/mol. The van der Waals surface area contributed by atoms with Crippen LogP contribution in [0.5, 0.6) is 0 Å². The molecule has 2 aromatic rings. The molecule has 3 N–H and O–H groups in total. The van der Waals surface area contributed by atoms with E-state index in [1.54, 1.807) is 11.9 Å². The molecule has 7 heteroatoms. The SMILES string of the molecule is CN1CCCCC1.CNC(=O)N1CC(c2cc(F)ccc2F)=C[C@H]1c1ccccc1.O. The molecule has 0 unspecified atom stereocenters. The van der Waals surface area contributed by atoms with Crippen LogP contribution in [0.2, 0.25) is 0 Å². The van der Waals surface area contributed by atoms with Crippen LogP contribution in [0.1, 0.15) is 36.4 Å². The third-order valence-corrected chi connectivity index (χ3v) is 5.51. The number of urea groups is 1. The van der Waals surface area contributed by atoms with Gasteiger partial charge in [0.1, 0.15) is 11.6 Å². The lowest BCUT2D eigenvalue weighted by atomic mass is 10.0. The van der Waals surface area contributed by atoms with E-state index < -0.39 is 11.6 Å². The Balaban J connectivity index is 0.000000364. The molecule has 2 aliphatic heterocycles. The first kappa shape index (κ1) is 24.5. The van der Waals surface area contributed by atoms with Crippen molar-refractivity contribution in [1.82, 2.24) is 15.1 Å². The number of nitrogens with one attached hydrogen (secondary N) is 1. The van der Waals surface area contributed by atoms with Crippen molar-refractivity contribution in [3.05, 3.63) is 77.4 Å². The molecule has 1 fully saturated rings. The zero-order chi connectivity index (χ0) is 21.5. The number of likely N-dealkylation sites (tertiary alicyclic amines) is 1. The van der Waals surface area contributed by atoms with Gasteiger partial charge in [0, 0.05) is 19.2 Å². The van der Waals surface area contributed by atoms with E-state index in [-0.39, 0.29) is 29.7 Å². The number of piperidine rings is 1. The predicted octanol–water partition coefficient (Wildman–Crippen LogP) is 4.02. The maximum absolute atomic E-state index is 14.0. The predicted molar refractivity (Wildman–Crippen MR) is 120 cm³/mol. The number of carbonyl (C=O) groups excluding carboxylic acids is 1. The Labute approximate surface area is 182 Å². The van der Waals surface area contributed by atoms with E-state index in [1.807, 2.05) is 36.4 Å². The molecule has 2 amide bonds. The van der Waals surface area contributed by atoms with Crippen molar-refractivity contribution in [2.75, 3.05) is 33.7 Å². The summed E-state index contributed by atoms with van der Waals surface area (Å²) in [7, 11) is 3.74. The zero-order valence-electron chi connectivity index (χ0n) is 18.1.